The van der Waals surface area contributed by atoms with Crippen molar-refractivity contribution in [1.29, 1.82) is 0 Å². The molecule has 0 aliphatic heterocycles. The molecule has 292 valence electrons. The Balaban J connectivity index is 0.00000320. The summed E-state index contributed by atoms with van der Waals surface area (Å²) >= 11 is 0. The first-order valence-corrected chi connectivity index (χ1v) is 20.3. The molecule has 0 aromatic heterocycles. The number of nitrogens with zero attached hydrogens (tertiary/aromatic N) is 6. The number of nitrogens with one attached hydrogen (secondary N) is 1. The minimum Gasteiger partial charge on any atom is -0.744 e. The predicted octanol–water partition coefficient (Wildman–Crippen LogP) is -0.423. The number of anilines is 2. The number of hydrogen-bond acceptors (Lipinski definition) is 18. The van der Waals surface area contributed by atoms with Gasteiger partial charge in [-0.25, -0.2) is 25.3 Å². The second-order valence-corrected chi connectivity index (χ2v) is 16.1. The summed E-state index contributed by atoms with van der Waals surface area (Å²) in [4.78, 5) is -1.73. The van der Waals surface area contributed by atoms with Crippen molar-refractivity contribution in [3.05, 3.63) is 115 Å². The third-order valence-electron chi connectivity index (χ3n) is 8.00. The molecule has 0 amide bonds. The van der Waals surface area contributed by atoms with Gasteiger partial charge >= 0.3 is 56.6 Å². The summed E-state index contributed by atoms with van der Waals surface area (Å²) in [6.45, 7) is 1.69. The molecule has 0 aliphatic rings. The molecular formula is C36H26Li3N7O11S3. The summed E-state index contributed by atoms with van der Waals surface area (Å²) in [5.74, 6) is -0.391. The summed E-state index contributed by atoms with van der Waals surface area (Å²) in [6.07, 6.45) is 0. The molecule has 0 saturated heterocycles. The molecule has 24 heteroatoms. The SMILES string of the molecule is COc1cc(N=Nc2cccc(S(=O)(=O)[O-])c2)ccc1N=Nc1ccc(N=Nc2c(S(=O)(=O)[O-])cc3ccc(Nc4cccc(S(=O)(=O)[O-])c4)cc3c2O)cc1C.[Li+].[Li+].[Li+]. The van der Waals surface area contributed by atoms with Crippen LogP contribution in [0.3, 0.4) is 0 Å². The maximum absolute atomic E-state index is 12.2. The van der Waals surface area contributed by atoms with Gasteiger partial charge in [-0.15, -0.1) is 10.2 Å². The number of fused-ring (bicyclic) bond motifs is 1. The second-order valence-electron chi connectivity index (χ2n) is 11.9. The Labute approximate surface area is 380 Å². The molecule has 0 unspecified atom stereocenters. The standard InChI is InChI=1S/C36H29N7O11S3.3Li/c1-21-15-26(11-13-31(21)41-42-32-14-12-27(20-33(32)54-2)39-38-25-6-4-8-29(18-25)56(48,49)50)40-43-35-34(57(51,52)53)16-22-9-10-24(19-30(22)36(35)44)37-23-5-3-7-28(17-23)55(45,46)47;;;/h3-20,37,44H,1-2H3,(H,45,46,47)(H,48,49,50)(H,51,52,53);;;/q;3*+1/p-3. The van der Waals surface area contributed by atoms with Crippen LogP contribution in [-0.4, -0.2) is 51.1 Å². The Hall–Kier alpha value is -4.70. The van der Waals surface area contributed by atoms with Gasteiger partial charge in [-0.2, -0.15) is 20.5 Å². The van der Waals surface area contributed by atoms with Gasteiger partial charge in [0.1, 0.15) is 47.5 Å². The zero-order valence-corrected chi connectivity index (χ0v) is 34.8. The number of phenolic OH excluding ortho intramolecular Hbond substituents is 1. The van der Waals surface area contributed by atoms with Crippen LogP contribution in [0.4, 0.5) is 45.5 Å². The van der Waals surface area contributed by atoms with Gasteiger partial charge in [-0.05, 0) is 103 Å². The third-order valence-corrected chi connectivity index (χ3v) is 10.5. The van der Waals surface area contributed by atoms with Crippen molar-refractivity contribution < 1.29 is 105 Å². The fourth-order valence-electron chi connectivity index (χ4n) is 5.26. The second kappa shape index (κ2) is 20.2. The van der Waals surface area contributed by atoms with Gasteiger partial charge in [0.05, 0.1) is 44.5 Å². The van der Waals surface area contributed by atoms with Crippen molar-refractivity contribution in [3.8, 4) is 11.5 Å². The van der Waals surface area contributed by atoms with E-state index in [-0.39, 0.29) is 90.2 Å². The Morgan fingerprint density at radius 3 is 1.73 bits per heavy atom. The molecule has 60 heavy (non-hydrogen) atoms. The van der Waals surface area contributed by atoms with E-state index in [0.717, 1.165) is 30.3 Å². The fraction of sp³-hybridized carbons (Fsp3) is 0.0556. The van der Waals surface area contributed by atoms with Gasteiger partial charge in [0.15, 0.2) is 5.75 Å². The number of ether oxygens (including phenoxy) is 1. The van der Waals surface area contributed by atoms with Gasteiger partial charge in [0.25, 0.3) is 0 Å². The van der Waals surface area contributed by atoms with Gasteiger partial charge in [0, 0.05) is 22.8 Å². The Kier molecular flexibility index (Phi) is 16.8. The van der Waals surface area contributed by atoms with Gasteiger partial charge < -0.3 is 28.8 Å². The monoisotopic (exact) mass is 849 g/mol. The molecule has 0 heterocycles. The number of aromatic hydroxyl groups is 1. The number of phenols is 1. The van der Waals surface area contributed by atoms with E-state index in [1.54, 1.807) is 31.2 Å². The summed E-state index contributed by atoms with van der Waals surface area (Å²) in [6, 6.07) is 24.8. The molecular weight excluding hydrogens is 823 g/mol. The number of benzene rings is 6. The van der Waals surface area contributed by atoms with E-state index in [4.69, 9.17) is 4.74 Å². The van der Waals surface area contributed by atoms with Crippen LogP contribution in [0.5, 0.6) is 11.5 Å². The van der Waals surface area contributed by atoms with Crippen molar-refractivity contribution in [2.24, 2.45) is 30.7 Å². The van der Waals surface area contributed by atoms with E-state index < -0.39 is 56.5 Å². The van der Waals surface area contributed by atoms with Crippen LogP contribution >= 0.6 is 0 Å². The van der Waals surface area contributed by atoms with E-state index in [1.165, 1.54) is 61.7 Å². The molecule has 6 aromatic carbocycles. The first-order valence-electron chi connectivity index (χ1n) is 16.1. The van der Waals surface area contributed by atoms with E-state index in [9.17, 15) is 44.0 Å². The molecule has 6 rings (SSSR count). The van der Waals surface area contributed by atoms with E-state index in [2.05, 4.69) is 36.0 Å². The fourth-order valence-corrected chi connectivity index (χ4v) is 6.93. The number of aryl methyl sites for hydroxylation is 1. The first kappa shape index (κ1) is 49.7. The van der Waals surface area contributed by atoms with Crippen molar-refractivity contribution in [3.63, 3.8) is 0 Å². The molecule has 0 fully saturated rings. The van der Waals surface area contributed by atoms with Gasteiger partial charge in [-0.3, -0.25) is 0 Å². The van der Waals surface area contributed by atoms with Crippen molar-refractivity contribution in [2.75, 3.05) is 12.4 Å². The quantitative estimate of drug-likeness (QED) is 0.0902. The van der Waals surface area contributed by atoms with Crippen LogP contribution in [0.2, 0.25) is 0 Å². The average Bonchev–Trinajstić information content (AvgIpc) is 3.16. The van der Waals surface area contributed by atoms with Crippen LogP contribution < -0.4 is 66.6 Å². The molecule has 18 nitrogen and oxygen atoms in total. The van der Waals surface area contributed by atoms with E-state index in [1.807, 2.05) is 0 Å². The predicted molar refractivity (Wildman–Crippen MR) is 202 cm³/mol. The van der Waals surface area contributed by atoms with Gasteiger partial charge in [0.2, 0.25) is 0 Å². The zero-order chi connectivity index (χ0) is 41.1. The van der Waals surface area contributed by atoms with Crippen LogP contribution in [0, 0.1) is 6.92 Å². The Morgan fingerprint density at radius 2 is 1.12 bits per heavy atom. The van der Waals surface area contributed by atoms with Crippen LogP contribution in [0.15, 0.2) is 155 Å². The van der Waals surface area contributed by atoms with Crippen LogP contribution in [-0.2, 0) is 30.4 Å². The maximum Gasteiger partial charge on any atom is 1.00 e. The summed E-state index contributed by atoms with van der Waals surface area (Å²) in [5, 5.41) is 38.9. The molecule has 0 atom stereocenters. The molecule has 0 saturated carbocycles. The topological polar surface area (TPSA) is 287 Å². The molecule has 6 aromatic rings. The minimum atomic E-state index is -5.15. The summed E-state index contributed by atoms with van der Waals surface area (Å²) in [5.41, 5.74) is 1.90. The number of methoxy groups -OCH3 is 1. The first-order chi connectivity index (χ1) is 26.9. The third kappa shape index (κ3) is 12.2. The van der Waals surface area contributed by atoms with Crippen molar-refractivity contribution in [1.82, 2.24) is 0 Å². The molecule has 0 radical (unpaired) electrons. The summed E-state index contributed by atoms with van der Waals surface area (Å²) in [7, 11) is -13.1. The van der Waals surface area contributed by atoms with Crippen molar-refractivity contribution in [2.45, 2.75) is 21.6 Å². The number of hydrogen-bond donors (Lipinski definition) is 2. The van der Waals surface area contributed by atoms with E-state index in [0.29, 0.717) is 28.3 Å². The number of azo groups is 3. The Bertz CT molecular complexity index is 3010. The maximum atomic E-state index is 12.2. The molecule has 2 N–H and O–H groups in total. The molecule has 0 bridgehead atoms. The van der Waals surface area contributed by atoms with Crippen LogP contribution in [0.25, 0.3) is 10.8 Å². The normalized spacial score (nSPS) is 11.9. The Morgan fingerprint density at radius 1 is 0.567 bits per heavy atom. The van der Waals surface area contributed by atoms with Crippen LogP contribution in [0.1, 0.15) is 5.56 Å². The molecule has 0 aliphatic carbocycles. The average molecular weight is 850 g/mol. The summed E-state index contributed by atoms with van der Waals surface area (Å²) < 4.78 is 110. The smallest absolute Gasteiger partial charge is 0.744 e. The van der Waals surface area contributed by atoms with E-state index >= 15 is 0 Å². The van der Waals surface area contributed by atoms with Gasteiger partial charge in [-0.1, -0.05) is 18.2 Å². The number of rotatable bonds is 12. The largest absolute Gasteiger partial charge is 1.00 e. The minimum absolute atomic E-state index is 0. The van der Waals surface area contributed by atoms with Crippen molar-refractivity contribution >= 4 is 86.6 Å². The molecule has 0 spiro atoms. The zero-order valence-electron chi connectivity index (χ0n) is 32.3.